The van der Waals surface area contributed by atoms with Gasteiger partial charge in [-0.3, -0.25) is 14.9 Å². The molecular weight excluding hydrogens is 304 g/mol. The fourth-order valence-electron chi connectivity index (χ4n) is 2.30. The maximum absolute atomic E-state index is 12.1. The van der Waals surface area contributed by atoms with Crippen LogP contribution in [-0.4, -0.2) is 23.0 Å². The van der Waals surface area contributed by atoms with E-state index in [4.69, 9.17) is 0 Å². The zero-order valence-electron chi connectivity index (χ0n) is 13.7. The van der Waals surface area contributed by atoms with E-state index in [0.717, 1.165) is 12.0 Å². The van der Waals surface area contributed by atoms with Gasteiger partial charge in [0.2, 0.25) is 5.91 Å². The summed E-state index contributed by atoms with van der Waals surface area (Å²) in [5, 5.41) is 14.9. The first-order valence-electron chi connectivity index (χ1n) is 7.97. The van der Waals surface area contributed by atoms with E-state index in [1.165, 1.54) is 5.56 Å². The van der Waals surface area contributed by atoms with E-state index in [9.17, 15) is 14.7 Å². The molecule has 0 bridgehead atoms. The molecule has 0 unspecified atom stereocenters. The number of carboxylic acid groups (broad SMARTS) is 1. The van der Waals surface area contributed by atoms with Gasteiger partial charge >= 0.3 is 5.97 Å². The Morgan fingerprint density at radius 1 is 1.00 bits per heavy atom. The molecule has 2 aromatic rings. The molecule has 0 saturated heterocycles. The summed E-state index contributed by atoms with van der Waals surface area (Å²) >= 11 is 0. The Kier molecular flexibility index (Phi) is 6.51. The van der Waals surface area contributed by atoms with Gasteiger partial charge in [0.15, 0.2) is 0 Å². The number of nitrogens with one attached hydrogen (secondary N) is 2. The molecular formula is C19H22N2O3. The monoisotopic (exact) mass is 326 g/mol. The third-order valence-corrected chi connectivity index (χ3v) is 3.73. The minimum Gasteiger partial charge on any atom is -0.480 e. The lowest BCUT2D eigenvalue weighted by atomic mass is 10.1. The van der Waals surface area contributed by atoms with Crippen molar-refractivity contribution in [3.63, 3.8) is 0 Å². The highest BCUT2D eigenvalue weighted by Gasteiger charge is 2.20. The van der Waals surface area contributed by atoms with Crippen molar-refractivity contribution in [1.82, 2.24) is 5.32 Å². The Hall–Kier alpha value is -2.66. The molecule has 0 saturated carbocycles. The van der Waals surface area contributed by atoms with E-state index in [2.05, 4.69) is 17.6 Å². The molecule has 1 amide bonds. The summed E-state index contributed by atoms with van der Waals surface area (Å²) in [7, 11) is 0. The van der Waals surface area contributed by atoms with Crippen molar-refractivity contribution < 1.29 is 14.7 Å². The lowest BCUT2D eigenvalue weighted by Crippen LogP contribution is -2.39. The molecule has 0 aliphatic carbocycles. The summed E-state index contributed by atoms with van der Waals surface area (Å²) in [5.74, 6) is -1.37. The summed E-state index contributed by atoms with van der Waals surface area (Å²) in [6.45, 7) is 2.46. The average Bonchev–Trinajstić information content (AvgIpc) is 2.60. The van der Waals surface area contributed by atoms with Crippen molar-refractivity contribution in [2.45, 2.75) is 32.4 Å². The highest BCUT2D eigenvalue weighted by atomic mass is 16.4. The van der Waals surface area contributed by atoms with Gasteiger partial charge < -0.3 is 10.4 Å². The van der Waals surface area contributed by atoms with Crippen LogP contribution in [0.25, 0.3) is 0 Å². The number of carbonyl (C=O) groups excluding carboxylic acids is 1. The molecule has 5 nitrogen and oxygen atoms in total. The number of amides is 1. The van der Waals surface area contributed by atoms with Gasteiger partial charge in [-0.25, -0.2) is 0 Å². The first-order chi connectivity index (χ1) is 11.6. The van der Waals surface area contributed by atoms with Gasteiger partial charge in [-0.05, 0) is 29.7 Å². The highest BCUT2D eigenvalue weighted by Crippen LogP contribution is 2.11. The standard InChI is InChI=1S/C19H22N2O3/c1-2-14-8-10-16(11-9-14)21-18(22)12-17(19(23)24)20-13-15-6-4-3-5-7-15/h3-11,17,20H,2,12-13H2,1H3,(H,21,22)(H,23,24)/t17-/m0/s1. The second-order valence-electron chi connectivity index (χ2n) is 5.56. The van der Waals surface area contributed by atoms with Crippen LogP contribution in [0, 0.1) is 0 Å². The van der Waals surface area contributed by atoms with E-state index in [0.29, 0.717) is 12.2 Å². The van der Waals surface area contributed by atoms with Gasteiger partial charge in [0.25, 0.3) is 0 Å². The number of rotatable bonds is 8. The van der Waals surface area contributed by atoms with Crippen LogP contribution in [-0.2, 0) is 22.6 Å². The van der Waals surface area contributed by atoms with E-state index in [1.807, 2.05) is 54.6 Å². The van der Waals surface area contributed by atoms with Crippen LogP contribution in [0.15, 0.2) is 54.6 Å². The summed E-state index contributed by atoms with van der Waals surface area (Å²) in [6, 6.07) is 16.1. The van der Waals surface area contributed by atoms with Crippen LogP contribution in [0.3, 0.4) is 0 Å². The molecule has 0 aliphatic heterocycles. The first-order valence-corrected chi connectivity index (χ1v) is 7.97. The molecule has 0 aromatic heterocycles. The molecule has 126 valence electrons. The molecule has 0 radical (unpaired) electrons. The van der Waals surface area contributed by atoms with Crippen LogP contribution >= 0.6 is 0 Å². The van der Waals surface area contributed by atoms with Crippen LogP contribution in [0.2, 0.25) is 0 Å². The van der Waals surface area contributed by atoms with Crippen LogP contribution in [0.5, 0.6) is 0 Å². The van der Waals surface area contributed by atoms with Crippen molar-refractivity contribution in [1.29, 1.82) is 0 Å². The van der Waals surface area contributed by atoms with Gasteiger partial charge in [-0.15, -0.1) is 0 Å². The quantitative estimate of drug-likeness (QED) is 0.697. The van der Waals surface area contributed by atoms with Crippen molar-refractivity contribution in [2.24, 2.45) is 0 Å². The fourth-order valence-corrected chi connectivity index (χ4v) is 2.30. The summed E-state index contributed by atoms with van der Waals surface area (Å²) in [5.41, 5.74) is 2.82. The van der Waals surface area contributed by atoms with Crippen LogP contribution < -0.4 is 10.6 Å². The zero-order valence-corrected chi connectivity index (χ0v) is 13.7. The van der Waals surface area contributed by atoms with Crippen LogP contribution in [0.1, 0.15) is 24.5 Å². The predicted octanol–water partition coefficient (Wildman–Crippen LogP) is 2.82. The molecule has 0 fully saturated rings. The molecule has 3 N–H and O–H groups in total. The van der Waals surface area contributed by atoms with Crippen molar-refractivity contribution >= 4 is 17.6 Å². The number of hydrogen-bond acceptors (Lipinski definition) is 3. The molecule has 0 spiro atoms. The van der Waals surface area contributed by atoms with Crippen molar-refractivity contribution in [3.05, 3.63) is 65.7 Å². The van der Waals surface area contributed by atoms with Gasteiger partial charge in [-0.2, -0.15) is 0 Å². The minimum atomic E-state index is -1.04. The number of aliphatic carboxylic acids is 1. The Labute approximate surface area is 141 Å². The van der Waals surface area contributed by atoms with Crippen LogP contribution in [0.4, 0.5) is 5.69 Å². The summed E-state index contributed by atoms with van der Waals surface area (Å²) in [6.07, 6.45) is 0.802. The SMILES string of the molecule is CCc1ccc(NC(=O)C[C@H](NCc2ccccc2)C(=O)O)cc1. The van der Waals surface area contributed by atoms with Gasteiger partial charge in [-0.1, -0.05) is 49.4 Å². The number of hydrogen-bond donors (Lipinski definition) is 3. The molecule has 0 heterocycles. The highest BCUT2D eigenvalue weighted by molar-refractivity contribution is 5.94. The summed E-state index contributed by atoms with van der Waals surface area (Å²) < 4.78 is 0. The van der Waals surface area contributed by atoms with Gasteiger partial charge in [0, 0.05) is 12.2 Å². The second kappa shape index (κ2) is 8.84. The molecule has 5 heteroatoms. The number of aryl methyl sites for hydroxylation is 1. The zero-order chi connectivity index (χ0) is 17.4. The first kappa shape index (κ1) is 17.7. The minimum absolute atomic E-state index is 0.127. The molecule has 2 rings (SSSR count). The predicted molar refractivity (Wildman–Crippen MR) is 93.8 cm³/mol. The Morgan fingerprint density at radius 3 is 2.25 bits per heavy atom. The fraction of sp³-hybridized carbons (Fsp3) is 0.263. The topological polar surface area (TPSA) is 78.4 Å². The number of anilines is 1. The molecule has 2 aromatic carbocycles. The normalized spacial score (nSPS) is 11.7. The Bertz CT molecular complexity index is 669. The summed E-state index contributed by atoms with van der Waals surface area (Å²) in [4.78, 5) is 23.4. The van der Waals surface area contributed by atoms with E-state index in [1.54, 1.807) is 0 Å². The number of carbonyl (C=O) groups is 2. The lowest BCUT2D eigenvalue weighted by Gasteiger charge is -2.14. The largest absolute Gasteiger partial charge is 0.480 e. The van der Waals surface area contributed by atoms with Crippen molar-refractivity contribution in [2.75, 3.05) is 5.32 Å². The Balaban J connectivity index is 1.89. The molecule has 24 heavy (non-hydrogen) atoms. The smallest absolute Gasteiger partial charge is 0.321 e. The molecule has 0 aliphatic rings. The lowest BCUT2D eigenvalue weighted by molar-refractivity contribution is -0.141. The Morgan fingerprint density at radius 2 is 1.67 bits per heavy atom. The number of benzene rings is 2. The third kappa shape index (κ3) is 5.52. The van der Waals surface area contributed by atoms with Gasteiger partial charge in [0.05, 0.1) is 6.42 Å². The van der Waals surface area contributed by atoms with Gasteiger partial charge in [0.1, 0.15) is 6.04 Å². The maximum Gasteiger partial charge on any atom is 0.321 e. The van der Waals surface area contributed by atoms with E-state index >= 15 is 0 Å². The third-order valence-electron chi connectivity index (χ3n) is 3.73. The van der Waals surface area contributed by atoms with E-state index in [-0.39, 0.29) is 12.3 Å². The maximum atomic E-state index is 12.1. The number of carboxylic acids is 1. The second-order valence-corrected chi connectivity index (χ2v) is 5.56. The average molecular weight is 326 g/mol. The molecule has 1 atom stereocenters. The van der Waals surface area contributed by atoms with E-state index < -0.39 is 12.0 Å². The van der Waals surface area contributed by atoms with Crippen molar-refractivity contribution in [3.8, 4) is 0 Å².